The molecule has 0 aromatic rings. The van der Waals surface area contributed by atoms with E-state index in [4.69, 9.17) is 4.74 Å². The van der Waals surface area contributed by atoms with Crippen LogP contribution in [0.3, 0.4) is 0 Å². The molecule has 4 heteroatoms. The SMILES string of the molecule is CCOC(=O)CCCCCNCC(CC)(CC)SC. The number of esters is 1. The number of thioether (sulfide) groups is 1. The van der Waals surface area contributed by atoms with Crippen LogP contribution in [-0.2, 0) is 9.53 Å². The largest absolute Gasteiger partial charge is 0.466 e. The number of hydrogen-bond acceptors (Lipinski definition) is 4. The van der Waals surface area contributed by atoms with E-state index in [1.165, 1.54) is 12.8 Å². The lowest BCUT2D eigenvalue weighted by Crippen LogP contribution is -2.37. The van der Waals surface area contributed by atoms with Gasteiger partial charge in [-0.05, 0) is 45.4 Å². The molecule has 0 aliphatic carbocycles. The number of carbonyl (C=O) groups is 1. The van der Waals surface area contributed by atoms with Gasteiger partial charge in [-0.1, -0.05) is 20.3 Å². The molecule has 0 radical (unpaired) electrons. The predicted molar refractivity (Wildman–Crippen MR) is 84.8 cm³/mol. The normalized spacial score (nSPS) is 11.6. The predicted octanol–water partition coefficient (Wildman–Crippen LogP) is 3.62. The summed E-state index contributed by atoms with van der Waals surface area (Å²) in [4.78, 5) is 11.1. The molecule has 0 saturated heterocycles. The second kappa shape index (κ2) is 11.6. The van der Waals surface area contributed by atoms with Gasteiger partial charge in [-0.3, -0.25) is 4.79 Å². The highest BCUT2D eigenvalue weighted by Gasteiger charge is 2.23. The molecule has 0 aromatic heterocycles. The highest BCUT2D eigenvalue weighted by molar-refractivity contribution is 8.00. The van der Waals surface area contributed by atoms with Crippen molar-refractivity contribution in [3.63, 3.8) is 0 Å². The van der Waals surface area contributed by atoms with Gasteiger partial charge >= 0.3 is 5.97 Å². The summed E-state index contributed by atoms with van der Waals surface area (Å²) in [7, 11) is 0. The van der Waals surface area contributed by atoms with Gasteiger partial charge in [-0.15, -0.1) is 0 Å². The van der Waals surface area contributed by atoms with Gasteiger partial charge in [0.1, 0.15) is 0 Å². The average molecular weight is 289 g/mol. The van der Waals surface area contributed by atoms with E-state index < -0.39 is 0 Å². The van der Waals surface area contributed by atoms with Crippen LogP contribution in [0.15, 0.2) is 0 Å². The molecule has 0 aromatic carbocycles. The van der Waals surface area contributed by atoms with E-state index in [9.17, 15) is 4.79 Å². The molecule has 3 nitrogen and oxygen atoms in total. The first kappa shape index (κ1) is 18.8. The number of hydrogen-bond donors (Lipinski definition) is 1. The maximum Gasteiger partial charge on any atom is 0.305 e. The Morgan fingerprint density at radius 2 is 1.84 bits per heavy atom. The molecule has 114 valence electrons. The quantitative estimate of drug-likeness (QED) is 0.440. The molecule has 0 spiro atoms. The van der Waals surface area contributed by atoms with Gasteiger partial charge in [0.15, 0.2) is 0 Å². The molecular weight excluding hydrogens is 258 g/mol. The second-order valence-electron chi connectivity index (χ2n) is 4.89. The van der Waals surface area contributed by atoms with Crippen LogP contribution in [0.4, 0.5) is 0 Å². The summed E-state index contributed by atoms with van der Waals surface area (Å²) in [6.07, 6.45) is 8.35. The highest BCUT2D eigenvalue weighted by Crippen LogP contribution is 2.29. The minimum atomic E-state index is -0.0613. The van der Waals surface area contributed by atoms with Crippen molar-refractivity contribution in [3.05, 3.63) is 0 Å². The first-order valence-electron chi connectivity index (χ1n) is 7.55. The van der Waals surface area contributed by atoms with Crippen LogP contribution in [-0.4, -0.2) is 36.7 Å². The lowest BCUT2D eigenvalue weighted by atomic mass is 10.0. The number of unbranched alkanes of at least 4 members (excludes halogenated alkanes) is 2. The van der Waals surface area contributed by atoms with Crippen LogP contribution in [0.5, 0.6) is 0 Å². The number of nitrogens with one attached hydrogen (secondary N) is 1. The maximum atomic E-state index is 11.1. The zero-order valence-corrected chi connectivity index (χ0v) is 13.9. The van der Waals surface area contributed by atoms with Crippen LogP contribution in [0, 0.1) is 0 Å². The van der Waals surface area contributed by atoms with E-state index in [0.717, 1.165) is 32.4 Å². The Hall–Kier alpha value is -0.220. The molecule has 0 rings (SSSR count). The summed E-state index contributed by atoms with van der Waals surface area (Å²) in [6.45, 7) is 9.00. The second-order valence-corrected chi connectivity index (χ2v) is 6.16. The van der Waals surface area contributed by atoms with Crippen molar-refractivity contribution in [2.75, 3.05) is 26.0 Å². The fourth-order valence-electron chi connectivity index (χ4n) is 2.11. The average Bonchev–Trinajstić information content (AvgIpc) is 2.43. The van der Waals surface area contributed by atoms with Crippen molar-refractivity contribution < 1.29 is 9.53 Å². The third kappa shape index (κ3) is 8.53. The van der Waals surface area contributed by atoms with Gasteiger partial charge in [0.25, 0.3) is 0 Å². The molecule has 0 aliphatic heterocycles. The Kier molecular flexibility index (Phi) is 11.5. The molecular formula is C15H31NO2S. The van der Waals surface area contributed by atoms with Crippen LogP contribution in [0.2, 0.25) is 0 Å². The summed E-state index contributed by atoms with van der Waals surface area (Å²) in [5.74, 6) is -0.0613. The monoisotopic (exact) mass is 289 g/mol. The molecule has 0 bridgehead atoms. The van der Waals surface area contributed by atoms with Crippen molar-refractivity contribution in [1.29, 1.82) is 0 Å². The molecule has 0 aliphatic rings. The number of rotatable bonds is 12. The summed E-state index contributed by atoms with van der Waals surface area (Å²) in [5, 5.41) is 3.56. The molecule has 0 saturated carbocycles. The molecule has 0 atom stereocenters. The van der Waals surface area contributed by atoms with Crippen molar-refractivity contribution in [2.45, 2.75) is 64.0 Å². The van der Waals surface area contributed by atoms with E-state index in [1.54, 1.807) is 0 Å². The first-order valence-corrected chi connectivity index (χ1v) is 8.78. The minimum absolute atomic E-state index is 0.0613. The van der Waals surface area contributed by atoms with E-state index in [1.807, 2.05) is 18.7 Å². The Morgan fingerprint density at radius 1 is 1.16 bits per heavy atom. The maximum absolute atomic E-state index is 11.1. The fourth-order valence-corrected chi connectivity index (χ4v) is 2.93. The van der Waals surface area contributed by atoms with Crippen molar-refractivity contribution in [2.24, 2.45) is 0 Å². The van der Waals surface area contributed by atoms with E-state index >= 15 is 0 Å². The van der Waals surface area contributed by atoms with Gasteiger partial charge in [0, 0.05) is 17.7 Å². The third-order valence-electron chi connectivity index (χ3n) is 3.71. The molecule has 0 unspecified atom stereocenters. The molecule has 0 amide bonds. The number of ether oxygens (including phenoxy) is 1. The van der Waals surface area contributed by atoms with Crippen molar-refractivity contribution in [3.8, 4) is 0 Å². The van der Waals surface area contributed by atoms with Gasteiger partial charge in [0.05, 0.1) is 6.61 Å². The Balaban J connectivity index is 3.52. The first-order chi connectivity index (χ1) is 9.14. The van der Waals surface area contributed by atoms with Gasteiger partial charge < -0.3 is 10.1 Å². The van der Waals surface area contributed by atoms with E-state index in [-0.39, 0.29) is 5.97 Å². The Bertz CT molecular complexity index is 222. The summed E-state index contributed by atoms with van der Waals surface area (Å²) < 4.78 is 5.29. The summed E-state index contributed by atoms with van der Waals surface area (Å²) in [5.41, 5.74) is 0. The summed E-state index contributed by atoms with van der Waals surface area (Å²) >= 11 is 1.97. The number of carbonyl (C=O) groups excluding carboxylic acids is 1. The zero-order valence-electron chi connectivity index (χ0n) is 13.1. The molecule has 1 N–H and O–H groups in total. The standard InChI is InChI=1S/C15H31NO2S/c1-5-15(6-2,19-4)13-16-12-10-8-9-11-14(17)18-7-3/h16H,5-13H2,1-4H3. The van der Waals surface area contributed by atoms with E-state index in [2.05, 4.69) is 25.4 Å². The highest BCUT2D eigenvalue weighted by atomic mass is 32.2. The topological polar surface area (TPSA) is 38.3 Å². The van der Waals surface area contributed by atoms with Crippen LogP contribution >= 0.6 is 11.8 Å². The molecule has 19 heavy (non-hydrogen) atoms. The van der Waals surface area contributed by atoms with Crippen molar-refractivity contribution >= 4 is 17.7 Å². The Morgan fingerprint density at radius 3 is 2.37 bits per heavy atom. The summed E-state index contributed by atoms with van der Waals surface area (Å²) in [6, 6.07) is 0. The van der Waals surface area contributed by atoms with Gasteiger partial charge in [-0.25, -0.2) is 0 Å². The van der Waals surface area contributed by atoms with E-state index in [0.29, 0.717) is 17.8 Å². The third-order valence-corrected chi connectivity index (χ3v) is 5.30. The lowest BCUT2D eigenvalue weighted by Gasteiger charge is -2.30. The zero-order chi connectivity index (χ0) is 14.6. The molecule has 0 heterocycles. The Labute approximate surface area is 123 Å². The lowest BCUT2D eigenvalue weighted by molar-refractivity contribution is -0.143. The molecule has 0 fully saturated rings. The fraction of sp³-hybridized carbons (Fsp3) is 0.933. The van der Waals surface area contributed by atoms with Crippen LogP contribution in [0.25, 0.3) is 0 Å². The smallest absolute Gasteiger partial charge is 0.305 e. The minimum Gasteiger partial charge on any atom is -0.466 e. The van der Waals surface area contributed by atoms with Crippen molar-refractivity contribution in [1.82, 2.24) is 5.32 Å². The van der Waals surface area contributed by atoms with Gasteiger partial charge in [0.2, 0.25) is 0 Å². The van der Waals surface area contributed by atoms with Crippen LogP contribution in [0.1, 0.15) is 59.3 Å². The van der Waals surface area contributed by atoms with Crippen LogP contribution < -0.4 is 5.32 Å². The van der Waals surface area contributed by atoms with Gasteiger partial charge in [-0.2, -0.15) is 11.8 Å².